The number of nitrogens with two attached hydrogens (primary N) is 1. The summed E-state index contributed by atoms with van der Waals surface area (Å²) >= 11 is 1.35. The topological polar surface area (TPSA) is 76.3 Å². The summed E-state index contributed by atoms with van der Waals surface area (Å²) in [5.41, 5.74) is 8.69. The number of rotatable bonds is 9. The number of pyridine rings is 2. The van der Waals surface area contributed by atoms with Gasteiger partial charge in [-0.3, -0.25) is 0 Å². The van der Waals surface area contributed by atoms with Crippen LogP contribution in [0.15, 0.2) is 60.1 Å². The lowest BCUT2D eigenvalue weighted by atomic mass is 9.97. The van der Waals surface area contributed by atoms with E-state index in [2.05, 4.69) is 55.8 Å². The molecule has 37 heavy (non-hydrogen) atoms. The van der Waals surface area contributed by atoms with Crippen LogP contribution in [0.25, 0.3) is 17.0 Å². The van der Waals surface area contributed by atoms with Crippen molar-refractivity contribution in [2.24, 2.45) is 11.8 Å². The molecule has 8 heteroatoms. The maximum atomic E-state index is 14.6. The van der Waals surface area contributed by atoms with Gasteiger partial charge >= 0.3 is 0 Å². The number of halogens is 1. The normalized spacial score (nSPS) is 16.7. The molecule has 3 heterocycles. The monoisotopic (exact) mass is 521 g/mol. The zero-order valence-electron chi connectivity index (χ0n) is 22.2. The minimum atomic E-state index is -0.351. The first kappa shape index (κ1) is 26.8. The number of anilines is 2. The Morgan fingerprint density at radius 3 is 2.70 bits per heavy atom. The number of hydrogen-bond acceptors (Lipinski definition) is 7. The second-order valence-electron chi connectivity index (χ2n) is 10.8. The SMILES string of the molecule is C=C(NSc1cccc(N)n1)c1ccc(-c2cc(F)cc(OCC(C)C)c2)nc1N1CC(C)CC1(C)C. The summed E-state index contributed by atoms with van der Waals surface area (Å²) in [6, 6.07) is 14.2. The number of nitrogens with zero attached hydrogens (tertiary/aromatic N) is 3. The van der Waals surface area contributed by atoms with Crippen LogP contribution in [0, 0.1) is 17.7 Å². The van der Waals surface area contributed by atoms with Crippen LogP contribution in [0.5, 0.6) is 5.75 Å². The van der Waals surface area contributed by atoms with E-state index in [1.54, 1.807) is 6.07 Å². The van der Waals surface area contributed by atoms with Crippen LogP contribution >= 0.6 is 11.9 Å². The predicted molar refractivity (Wildman–Crippen MR) is 152 cm³/mol. The van der Waals surface area contributed by atoms with Gasteiger partial charge in [0.15, 0.2) is 0 Å². The first-order valence-corrected chi connectivity index (χ1v) is 13.4. The fourth-order valence-electron chi connectivity index (χ4n) is 4.72. The number of nitrogens with one attached hydrogen (secondary N) is 1. The van der Waals surface area contributed by atoms with Crippen molar-refractivity contribution < 1.29 is 9.13 Å². The molecule has 0 bridgehead atoms. The Balaban J connectivity index is 1.70. The Morgan fingerprint density at radius 2 is 2.03 bits per heavy atom. The second kappa shape index (κ2) is 11.0. The molecule has 0 spiro atoms. The van der Waals surface area contributed by atoms with Crippen LogP contribution in [0.3, 0.4) is 0 Å². The number of nitrogen functional groups attached to an aromatic ring is 1. The van der Waals surface area contributed by atoms with Crippen molar-refractivity contribution in [3.05, 3.63) is 66.5 Å². The third-order valence-corrected chi connectivity index (χ3v) is 7.09. The van der Waals surface area contributed by atoms with E-state index in [0.29, 0.717) is 47.0 Å². The second-order valence-corrected chi connectivity index (χ2v) is 11.6. The smallest absolute Gasteiger partial charge is 0.139 e. The lowest BCUT2D eigenvalue weighted by molar-refractivity contribution is 0.270. The standard InChI is InChI=1S/C29H36FN5OS/c1-18(2)17-36-23-13-21(12-22(30)14-23)25-11-10-24(20(4)34-37-27-9-7-8-26(31)33-27)28(32-25)35-16-19(3)15-29(35,5)6/h7-14,18-19,34H,4,15-17H2,1-3,5-6H3,(H2,31,33). The zero-order valence-corrected chi connectivity index (χ0v) is 23.0. The fraction of sp³-hybridized carbons (Fsp3) is 0.379. The predicted octanol–water partition coefficient (Wildman–Crippen LogP) is 6.79. The molecule has 4 rings (SSSR count). The van der Waals surface area contributed by atoms with Gasteiger partial charge in [-0.1, -0.05) is 33.4 Å². The first-order valence-electron chi connectivity index (χ1n) is 12.6. The molecule has 0 aliphatic carbocycles. The molecule has 1 fully saturated rings. The van der Waals surface area contributed by atoms with Crippen molar-refractivity contribution in [2.45, 2.75) is 51.6 Å². The third kappa shape index (κ3) is 6.55. The maximum absolute atomic E-state index is 14.6. The summed E-state index contributed by atoms with van der Waals surface area (Å²) in [5.74, 6) is 2.29. The van der Waals surface area contributed by atoms with Gasteiger partial charge in [0.05, 0.1) is 12.3 Å². The van der Waals surface area contributed by atoms with Crippen LogP contribution in [0.4, 0.5) is 16.0 Å². The lowest BCUT2D eigenvalue weighted by Crippen LogP contribution is -2.39. The molecule has 1 aliphatic rings. The van der Waals surface area contributed by atoms with Gasteiger partial charge in [-0.15, -0.1) is 0 Å². The average molecular weight is 522 g/mol. The van der Waals surface area contributed by atoms with Crippen LogP contribution < -0.4 is 20.1 Å². The molecule has 3 N–H and O–H groups in total. The molecule has 3 aromatic rings. The van der Waals surface area contributed by atoms with Gasteiger partial charge in [0.1, 0.15) is 28.2 Å². The number of benzene rings is 1. The van der Waals surface area contributed by atoms with Crippen molar-refractivity contribution in [3.8, 4) is 17.0 Å². The van der Waals surface area contributed by atoms with Crippen LogP contribution in [-0.4, -0.2) is 28.7 Å². The summed E-state index contributed by atoms with van der Waals surface area (Å²) < 4.78 is 23.7. The highest BCUT2D eigenvalue weighted by molar-refractivity contribution is 7.97. The Kier molecular flexibility index (Phi) is 7.97. The summed E-state index contributed by atoms with van der Waals surface area (Å²) in [7, 11) is 0. The first-order chi connectivity index (χ1) is 17.5. The minimum Gasteiger partial charge on any atom is -0.493 e. The van der Waals surface area contributed by atoms with Gasteiger partial charge in [-0.25, -0.2) is 14.4 Å². The van der Waals surface area contributed by atoms with Crippen LogP contribution in [0.2, 0.25) is 0 Å². The van der Waals surface area contributed by atoms with E-state index in [0.717, 1.165) is 29.4 Å². The Morgan fingerprint density at radius 1 is 1.24 bits per heavy atom. The van der Waals surface area contributed by atoms with Gasteiger partial charge in [-0.05, 0) is 68.5 Å². The van der Waals surface area contributed by atoms with E-state index in [9.17, 15) is 4.39 Å². The van der Waals surface area contributed by atoms with Crippen molar-refractivity contribution in [3.63, 3.8) is 0 Å². The van der Waals surface area contributed by atoms with Gasteiger partial charge in [-0.2, -0.15) is 0 Å². The molecule has 1 atom stereocenters. The molecule has 2 aromatic heterocycles. The van der Waals surface area contributed by atoms with E-state index < -0.39 is 0 Å². The molecule has 1 unspecified atom stereocenters. The minimum absolute atomic E-state index is 0.0872. The highest BCUT2D eigenvalue weighted by Gasteiger charge is 2.38. The van der Waals surface area contributed by atoms with Crippen molar-refractivity contribution in [1.82, 2.24) is 14.7 Å². The number of hydrogen-bond donors (Lipinski definition) is 2. The molecular formula is C29H36FN5OS. The molecule has 1 aromatic carbocycles. The lowest BCUT2D eigenvalue weighted by Gasteiger charge is -2.34. The van der Waals surface area contributed by atoms with E-state index in [1.807, 2.05) is 30.3 Å². The summed E-state index contributed by atoms with van der Waals surface area (Å²) in [5, 5.41) is 0.746. The molecule has 0 amide bonds. The van der Waals surface area contributed by atoms with E-state index >= 15 is 0 Å². The summed E-state index contributed by atoms with van der Waals surface area (Å²) in [6.45, 7) is 16.5. The molecule has 196 valence electrons. The zero-order chi connectivity index (χ0) is 26.7. The Hall–Kier alpha value is -3.26. The highest BCUT2D eigenvalue weighted by atomic mass is 32.2. The van der Waals surface area contributed by atoms with Gasteiger partial charge in [0.2, 0.25) is 0 Å². The Bertz CT molecular complexity index is 1280. The van der Waals surface area contributed by atoms with Gasteiger partial charge in [0, 0.05) is 46.9 Å². The fourth-order valence-corrected chi connectivity index (χ4v) is 5.36. The van der Waals surface area contributed by atoms with Crippen molar-refractivity contribution >= 4 is 29.3 Å². The average Bonchev–Trinajstić information content (AvgIpc) is 3.12. The Labute approximate surface area is 223 Å². The quantitative estimate of drug-likeness (QED) is 0.300. The van der Waals surface area contributed by atoms with E-state index in [1.165, 1.54) is 24.1 Å². The van der Waals surface area contributed by atoms with Gasteiger partial charge in [0.25, 0.3) is 0 Å². The summed E-state index contributed by atoms with van der Waals surface area (Å²) in [4.78, 5) is 11.7. The van der Waals surface area contributed by atoms with Gasteiger partial charge < -0.3 is 20.1 Å². The molecule has 1 aliphatic heterocycles. The third-order valence-electron chi connectivity index (χ3n) is 6.30. The summed E-state index contributed by atoms with van der Waals surface area (Å²) in [6.07, 6.45) is 1.05. The van der Waals surface area contributed by atoms with Crippen LogP contribution in [0.1, 0.15) is 46.6 Å². The molecule has 6 nitrogen and oxygen atoms in total. The van der Waals surface area contributed by atoms with E-state index in [-0.39, 0.29) is 11.4 Å². The van der Waals surface area contributed by atoms with Crippen molar-refractivity contribution in [1.29, 1.82) is 0 Å². The molecular weight excluding hydrogens is 485 g/mol. The number of ether oxygens (including phenoxy) is 1. The molecule has 0 saturated carbocycles. The maximum Gasteiger partial charge on any atom is 0.139 e. The highest BCUT2D eigenvalue weighted by Crippen LogP contribution is 2.40. The van der Waals surface area contributed by atoms with Crippen molar-refractivity contribution in [2.75, 3.05) is 23.8 Å². The largest absolute Gasteiger partial charge is 0.493 e. The molecule has 1 saturated heterocycles. The number of aromatic nitrogens is 2. The van der Waals surface area contributed by atoms with Crippen LogP contribution in [-0.2, 0) is 0 Å². The van der Waals surface area contributed by atoms with E-state index in [4.69, 9.17) is 15.5 Å². The molecule has 0 radical (unpaired) electrons.